The van der Waals surface area contributed by atoms with E-state index in [1.54, 1.807) is 0 Å². The van der Waals surface area contributed by atoms with Gasteiger partial charge in [0.25, 0.3) is 0 Å². The third-order valence-corrected chi connectivity index (χ3v) is 4.37. The number of hydrogen-bond acceptors (Lipinski definition) is 2. The lowest BCUT2D eigenvalue weighted by molar-refractivity contribution is -0.124. The van der Waals surface area contributed by atoms with E-state index in [0.717, 1.165) is 38.7 Å². The molecule has 2 unspecified atom stereocenters. The van der Waals surface area contributed by atoms with E-state index in [1.165, 1.54) is 0 Å². The predicted molar refractivity (Wildman–Crippen MR) is 68.2 cm³/mol. The second kappa shape index (κ2) is 6.05. The number of nitrogens with one attached hydrogen (secondary N) is 1. The lowest BCUT2D eigenvalue weighted by Gasteiger charge is -2.34. The number of halogens is 1. The fourth-order valence-electron chi connectivity index (χ4n) is 2.82. The van der Waals surface area contributed by atoms with Crippen molar-refractivity contribution >= 4 is 17.5 Å². The van der Waals surface area contributed by atoms with Crippen molar-refractivity contribution in [2.24, 2.45) is 5.92 Å². The van der Waals surface area contributed by atoms with Gasteiger partial charge in [-0.25, -0.2) is 0 Å². The van der Waals surface area contributed by atoms with Crippen LogP contribution in [0.15, 0.2) is 0 Å². The van der Waals surface area contributed by atoms with E-state index in [9.17, 15) is 4.79 Å². The van der Waals surface area contributed by atoms with Crippen LogP contribution in [0.5, 0.6) is 0 Å². The van der Waals surface area contributed by atoms with Crippen molar-refractivity contribution in [3.05, 3.63) is 0 Å². The maximum atomic E-state index is 11.8. The summed E-state index contributed by atoms with van der Waals surface area (Å²) in [5, 5.41) is 3.20. The van der Waals surface area contributed by atoms with E-state index in [-0.39, 0.29) is 17.3 Å². The summed E-state index contributed by atoms with van der Waals surface area (Å²) in [6.07, 6.45) is 6.31. The van der Waals surface area contributed by atoms with E-state index >= 15 is 0 Å². The SMILES string of the molecule is CCOC1CC(CC(=O)NC2CCCC2Cl)C1. The molecule has 0 bridgehead atoms. The molecular formula is C13H22ClNO2. The number of alkyl halides is 1. The van der Waals surface area contributed by atoms with Gasteiger partial charge in [0.2, 0.25) is 5.91 Å². The first kappa shape index (κ1) is 13.2. The van der Waals surface area contributed by atoms with Crippen molar-refractivity contribution in [2.75, 3.05) is 6.61 Å². The predicted octanol–water partition coefficient (Wildman–Crippen LogP) is 2.47. The van der Waals surface area contributed by atoms with Crippen LogP contribution in [0, 0.1) is 5.92 Å². The standard InChI is InChI=1S/C13H22ClNO2/c1-2-17-10-6-9(7-10)8-13(16)15-12-5-3-4-11(12)14/h9-12H,2-8H2,1H3,(H,15,16). The van der Waals surface area contributed by atoms with Crippen LogP contribution in [0.25, 0.3) is 0 Å². The van der Waals surface area contributed by atoms with Crippen LogP contribution in [0.1, 0.15) is 45.4 Å². The molecule has 2 saturated carbocycles. The largest absolute Gasteiger partial charge is 0.378 e. The molecule has 17 heavy (non-hydrogen) atoms. The lowest BCUT2D eigenvalue weighted by Crippen LogP contribution is -2.41. The van der Waals surface area contributed by atoms with Crippen molar-refractivity contribution in [2.45, 2.75) is 63.0 Å². The molecule has 0 aromatic carbocycles. The van der Waals surface area contributed by atoms with Gasteiger partial charge in [-0.15, -0.1) is 11.6 Å². The Bertz CT molecular complexity index is 266. The van der Waals surface area contributed by atoms with Crippen molar-refractivity contribution < 1.29 is 9.53 Å². The molecule has 3 nitrogen and oxygen atoms in total. The Hall–Kier alpha value is -0.280. The highest BCUT2D eigenvalue weighted by Gasteiger charge is 2.32. The Balaban J connectivity index is 1.62. The highest BCUT2D eigenvalue weighted by molar-refractivity contribution is 6.21. The van der Waals surface area contributed by atoms with Gasteiger partial charge >= 0.3 is 0 Å². The number of rotatable bonds is 5. The van der Waals surface area contributed by atoms with Crippen molar-refractivity contribution in [1.29, 1.82) is 0 Å². The molecule has 2 aliphatic carbocycles. The van der Waals surface area contributed by atoms with Gasteiger partial charge in [0.1, 0.15) is 0 Å². The van der Waals surface area contributed by atoms with E-state index in [1.807, 2.05) is 6.92 Å². The highest BCUT2D eigenvalue weighted by atomic mass is 35.5. The Morgan fingerprint density at radius 2 is 2.18 bits per heavy atom. The first-order valence-electron chi connectivity index (χ1n) is 6.74. The zero-order valence-corrected chi connectivity index (χ0v) is 11.2. The molecule has 0 radical (unpaired) electrons. The molecule has 0 aliphatic heterocycles. The number of carbonyl (C=O) groups excluding carboxylic acids is 1. The Morgan fingerprint density at radius 3 is 2.76 bits per heavy atom. The third kappa shape index (κ3) is 3.59. The normalized spacial score (nSPS) is 36.6. The van der Waals surface area contributed by atoms with Gasteiger partial charge in [-0.3, -0.25) is 4.79 Å². The lowest BCUT2D eigenvalue weighted by atomic mass is 9.80. The minimum absolute atomic E-state index is 0.136. The number of carbonyl (C=O) groups is 1. The molecule has 1 amide bonds. The fourth-order valence-corrected chi connectivity index (χ4v) is 3.16. The van der Waals surface area contributed by atoms with Gasteiger partial charge in [0, 0.05) is 19.1 Å². The van der Waals surface area contributed by atoms with E-state index in [4.69, 9.17) is 16.3 Å². The molecule has 2 aliphatic rings. The molecule has 0 aromatic rings. The summed E-state index contributed by atoms with van der Waals surface area (Å²) in [6, 6.07) is 0.201. The minimum atomic E-state index is 0.136. The summed E-state index contributed by atoms with van der Waals surface area (Å²) in [6.45, 7) is 2.79. The summed E-state index contributed by atoms with van der Waals surface area (Å²) >= 11 is 6.14. The molecule has 2 rings (SSSR count). The van der Waals surface area contributed by atoms with Crippen LogP contribution in [0.2, 0.25) is 0 Å². The maximum absolute atomic E-state index is 11.8. The number of ether oxygens (including phenoxy) is 1. The Kier molecular flexibility index (Phi) is 4.69. The molecule has 1 N–H and O–H groups in total. The Morgan fingerprint density at radius 1 is 1.41 bits per heavy atom. The van der Waals surface area contributed by atoms with Gasteiger partial charge in [0.05, 0.1) is 11.5 Å². The Labute approximate surface area is 108 Å². The van der Waals surface area contributed by atoms with Crippen LogP contribution >= 0.6 is 11.6 Å². The maximum Gasteiger partial charge on any atom is 0.220 e. The monoisotopic (exact) mass is 259 g/mol. The molecule has 0 saturated heterocycles. The van der Waals surface area contributed by atoms with Crippen LogP contribution < -0.4 is 5.32 Å². The van der Waals surface area contributed by atoms with Gasteiger partial charge in [0.15, 0.2) is 0 Å². The smallest absolute Gasteiger partial charge is 0.220 e. The van der Waals surface area contributed by atoms with Gasteiger partial charge in [-0.05, 0) is 44.9 Å². The van der Waals surface area contributed by atoms with Crippen LogP contribution in [0.3, 0.4) is 0 Å². The van der Waals surface area contributed by atoms with Crippen molar-refractivity contribution in [1.82, 2.24) is 5.32 Å². The van der Waals surface area contributed by atoms with Crippen LogP contribution in [-0.4, -0.2) is 30.0 Å². The van der Waals surface area contributed by atoms with Crippen molar-refractivity contribution in [3.63, 3.8) is 0 Å². The summed E-state index contributed by atoms with van der Waals surface area (Å²) in [5.74, 6) is 0.684. The first-order chi connectivity index (χ1) is 8.19. The molecule has 0 aromatic heterocycles. The summed E-state index contributed by atoms with van der Waals surface area (Å²) in [5.41, 5.74) is 0. The molecule has 0 heterocycles. The second-order valence-electron chi connectivity index (χ2n) is 5.24. The average molecular weight is 260 g/mol. The highest BCUT2D eigenvalue weighted by Crippen LogP contribution is 2.33. The molecule has 4 heteroatoms. The van der Waals surface area contributed by atoms with Crippen LogP contribution in [0.4, 0.5) is 0 Å². The fraction of sp³-hybridized carbons (Fsp3) is 0.923. The van der Waals surface area contributed by atoms with E-state index < -0.39 is 0 Å². The summed E-state index contributed by atoms with van der Waals surface area (Å²) < 4.78 is 5.49. The number of hydrogen-bond donors (Lipinski definition) is 1. The van der Waals surface area contributed by atoms with E-state index in [0.29, 0.717) is 18.4 Å². The van der Waals surface area contributed by atoms with Gasteiger partial charge in [-0.1, -0.05) is 0 Å². The topological polar surface area (TPSA) is 38.3 Å². The first-order valence-corrected chi connectivity index (χ1v) is 7.17. The zero-order valence-electron chi connectivity index (χ0n) is 10.5. The molecular weight excluding hydrogens is 238 g/mol. The molecule has 0 spiro atoms. The summed E-state index contributed by atoms with van der Waals surface area (Å²) in [4.78, 5) is 11.8. The van der Waals surface area contributed by atoms with Crippen LogP contribution in [-0.2, 0) is 9.53 Å². The molecule has 98 valence electrons. The molecule has 2 fully saturated rings. The average Bonchev–Trinajstić information content (AvgIpc) is 2.61. The van der Waals surface area contributed by atoms with Crippen molar-refractivity contribution in [3.8, 4) is 0 Å². The second-order valence-corrected chi connectivity index (χ2v) is 5.80. The summed E-state index contributed by atoms with van der Waals surface area (Å²) in [7, 11) is 0. The minimum Gasteiger partial charge on any atom is -0.378 e. The van der Waals surface area contributed by atoms with Gasteiger partial charge in [-0.2, -0.15) is 0 Å². The van der Waals surface area contributed by atoms with Gasteiger partial charge < -0.3 is 10.1 Å². The quantitative estimate of drug-likeness (QED) is 0.771. The number of amides is 1. The van der Waals surface area contributed by atoms with E-state index in [2.05, 4.69) is 5.32 Å². The third-order valence-electron chi connectivity index (χ3n) is 3.85. The molecule has 2 atom stereocenters. The zero-order chi connectivity index (χ0) is 12.3.